The van der Waals surface area contributed by atoms with Crippen LogP contribution in [0.4, 0.5) is 0 Å². The van der Waals surface area contributed by atoms with Crippen molar-refractivity contribution in [2.45, 2.75) is 32.1 Å². The first-order chi connectivity index (χ1) is 9.52. The van der Waals surface area contributed by atoms with Crippen molar-refractivity contribution in [3.8, 4) is 5.75 Å². The molecule has 1 aromatic carbocycles. The number of Topliss-reactive ketones (excluding diaryl/α,β-unsaturated/α-hetero) is 1. The zero-order chi connectivity index (χ0) is 14.7. The number of benzene rings is 1. The highest BCUT2D eigenvalue weighted by atomic mass is 16.5. The summed E-state index contributed by atoms with van der Waals surface area (Å²) in [6.07, 6.45) is 2.69. The molecule has 0 radical (unpaired) electrons. The van der Waals surface area contributed by atoms with Gasteiger partial charge in [-0.1, -0.05) is 25.5 Å². The molecular formula is C16H21NO3. The molecule has 0 bridgehead atoms. The maximum absolute atomic E-state index is 12.1. The van der Waals surface area contributed by atoms with E-state index in [4.69, 9.17) is 10.5 Å². The lowest BCUT2D eigenvalue weighted by atomic mass is 9.70. The maximum Gasteiger partial charge on any atom is 0.285 e. The Labute approximate surface area is 119 Å². The van der Waals surface area contributed by atoms with Gasteiger partial charge in [-0.25, -0.2) is 0 Å². The van der Waals surface area contributed by atoms with E-state index in [1.165, 1.54) is 0 Å². The minimum absolute atomic E-state index is 0.0568. The molecule has 1 fully saturated rings. The minimum Gasteiger partial charge on any atom is -0.497 e. The Hall–Kier alpha value is -1.84. The molecule has 1 aliphatic carbocycles. The van der Waals surface area contributed by atoms with Gasteiger partial charge in [-0.3, -0.25) is 9.59 Å². The highest BCUT2D eigenvalue weighted by Gasteiger charge is 2.36. The van der Waals surface area contributed by atoms with Gasteiger partial charge in [0.2, 0.25) is 5.78 Å². The van der Waals surface area contributed by atoms with Crippen LogP contribution in [0, 0.1) is 11.8 Å². The number of carbonyl (C=O) groups excluding carboxylic acids is 2. The topological polar surface area (TPSA) is 69.4 Å². The van der Waals surface area contributed by atoms with E-state index in [9.17, 15) is 9.59 Å². The van der Waals surface area contributed by atoms with Crippen LogP contribution in [0.25, 0.3) is 0 Å². The Morgan fingerprint density at radius 2 is 2.05 bits per heavy atom. The van der Waals surface area contributed by atoms with Crippen molar-refractivity contribution >= 4 is 11.7 Å². The van der Waals surface area contributed by atoms with Crippen molar-refractivity contribution in [1.29, 1.82) is 0 Å². The van der Waals surface area contributed by atoms with Crippen LogP contribution < -0.4 is 10.5 Å². The predicted octanol–water partition coefficient (Wildman–Crippen LogP) is 2.27. The molecular weight excluding hydrogens is 254 g/mol. The fourth-order valence-corrected chi connectivity index (χ4v) is 3.12. The zero-order valence-corrected chi connectivity index (χ0v) is 12.0. The summed E-state index contributed by atoms with van der Waals surface area (Å²) in [7, 11) is 1.62. The predicted molar refractivity (Wildman–Crippen MR) is 76.4 cm³/mol. The Morgan fingerprint density at radius 3 is 2.70 bits per heavy atom. The van der Waals surface area contributed by atoms with E-state index in [0.717, 1.165) is 30.6 Å². The van der Waals surface area contributed by atoms with Gasteiger partial charge < -0.3 is 10.5 Å². The molecule has 1 amide bonds. The van der Waals surface area contributed by atoms with E-state index in [1.54, 1.807) is 7.11 Å². The van der Waals surface area contributed by atoms with Crippen LogP contribution in [-0.2, 0) is 9.59 Å². The van der Waals surface area contributed by atoms with Gasteiger partial charge in [-0.15, -0.1) is 0 Å². The van der Waals surface area contributed by atoms with Crippen molar-refractivity contribution in [1.82, 2.24) is 0 Å². The van der Waals surface area contributed by atoms with Gasteiger partial charge in [-0.05, 0) is 42.4 Å². The summed E-state index contributed by atoms with van der Waals surface area (Å²) in [6, 6.07) is 7.73. The average Bonchev–Trinajstić information content (AvgIpc) is 2.46. The fraction of sp³-hybridized carbons (Fsp3) is 0.500. The van der Waals surface area contributed by atoms with E-state index < -0.39 is 11.7 Å². The quantitative estimate of drug-likeness (QED) is 0.857. The summed E-state index contributed by atoms with van der Waals surface area (Å²) in [5.74, 6) is -0.289. The first-order valence-electron chi connectivity index (χ1n) is 7.00. The SMILES string of the molecule is COc1cccc([C@H]2CC[C@H](C)CC2C(=O)C(N)=O)c1. The number of carbonyl (C=O) groups is 2. The Morgan fingerprint density at radius 1 is 1.30 bits per heavy atom. The lowest BCUT2D eigenvalue weighted by molar-refractivity contribution is -0.139. The summed E-state index contributed by atoms with van der Waals surface area (Å²) in [5, 5.41) is 0. The molecule has 0 aliphatic heterocycles. The van der Waals surface area contributed by atoms with Gasteiger partial charge in [0.25, 0.3) is 5.91 Å². The second kappa shape index (κ2) is 6.07. The van der Waals surface area contributed by atoms with Crippen molar-refractivity contribution in [3.63, 3.8) is 0 Å². The van der Waals surface area contributed by atoms with Crippen LogP contribution in [0.15, 0.2) is 24.3 Å². The van der Waals surface area contributed by atoms with E-state index in [1.807, 2.05) is 24.3 Å². The molecule has 0 heterocycles. The largest absolute Gasteiger partial charge is 0.497 e. The maximum atomic E-state index is 12.1. The van der Waals surface area contributed by atoms with Crippen molar-refractivity contribution in [3.05, 3.63) is 29.8 Å². The molecule has 4 nitrogen and oxygen atoms in total. The summed E-state index contributed by atoms with van der Waals surface area (Å²) in [4.78, 5) is 23.3. The molecule has 0 spiro atoms. The lowest BCUT2D eigenvalue weighted by Gasteiger charge is -2.33. The molecule has 1 saturated carbocycles. The Balaban J connectivity index is 2.30. The summed E-state index contributed by atoms with van der Waals surface area (Å²) in [6.45, 7) is 2.11. The third kappa shape index (κ3) is 3.00. The lowest BCUT2D eigenvalue weighted by Crippen LogP contribution is -2.36. The molecule has 1 aromatic rings. The highest BCUT2D eigenvalue weighted by molar-refractivity contribution is 6.36. The number of amides is 1. The van der Waals surface area contributed by atoms with Gasteiger partial charge in [0, 0.05) is 5.92 Å². The van der Waals surface area contributed by atoms with Crippen molar-refractivity contribution in [2.75, 3.05) is 7.11 Å². The summed E-state index contributed by atoms with van der Waals surface area (Å²) in [5.41, 5.74) is 6.25. The van der Waals surface area contributed by atoms with Gasteiger partial charge >= 0.3 is 0 Å². The number of primary amides is 1. The molecule has 2 rings (SSSR count). The number of hydrogen-bond acceptors (Lipinski definition) is 3. The standard InChI is InChI=1S/C16H21NO3/c1-10-6-7-13(14(8-10)15(18)16(17)19)11-4-3-5-12(9-11)20-2/h3-5,9-10,13-14H,6-8H2,1-2H3,(H2,17,19)/t10-,13+,14?/m0/s1. The second-order valence-electron chi connectivity index (χ2n) is 5.64. The molecule has 3 atom stereocenters. The third-order valence-electron chi connectivity index (χ3n) is 4.21. The summed E-state index contributed by atoms with van der Waals surface area (Å²) >= 11 is 0. The van der Waals surface area contributed by atoms with E-state index >= 15 is 0 Å². The van der Waals surface area contributed by atoms with E-state index in [-0.39, 0.29) is 11.8 Å². The van der Waals surface area contributed by atoms with Crippen LogP contribution in [0.3, 0.4) is 0 Å². The number of nitrogens with two attached hydrogens (primary N) is 1. The second-order valence-corrected chi connectivity index (χ2v) is 5.64. The number of methoxy groups -OCH3 is 1. The molecule has 1 unspecified atom stereocenters. The third-order valence-corrected chi connectivity index (χ3v) is 4.21. The molecule has 4 heteroatoms. The molecule has 1 aliphatic rings. The smallest absolute Gasteiger partial charge is 0.285 e. The van der Waals surface area contributed by atoms with Gasteiger partial charge in [0.05, 0.1) is 7.11 Å². The minimum atomic E-state index is -0.822. The normalized spacial score (nSPS) is 26.0. The molecule has 2 N–H and O–H groups in total. The first kappa shape index (κ1) is 14.6. The first-order valence-corrected chi connectivity index (χ1v) is 7.00. The summed E-state index contributed by atoms with van der Waals surface area (Å²) < 4.78 is 5.23. The number of ketones is 1. The molecule has 0 saturated heterocycles. The van der Waals surface area contributed by atoms with Crippen LogP contribution in [0.5, 0.6) is 5.75 Å². The Bertz CT molecular complexity index is 512. The Kier molecular flexibility index (Phi) is 4.42. The highest BCUT2D eigenvalue weighted by Crippen LogP contribution is 2.41. The van der Waals surface area contributed by atoms with E-state index in [0.29, 0.717) is 5.92 Å². The van der Waals surface area contributed by atoms with Crippen molar-refractivity contribution < 1.29 is 14.3 Å². The van der Waals surface area contributed by atoms with E-state index in [2.05, 4.69) is 6.92 Å². The van der Waals surface area contributed by atoms with Crippen LogP contribution in [-0.4, -0.2) is 18.8 Å². The van der Waals surface area contributed by atoms with Gasteiger partial charge in [-0.2, -0.15) is 0 Å². The monoisotopic (exact) mass is 275 g/mol. The van der Waals surface area contributed by atoms with Crippen molar-refractivity contribution in [2.24, 2.45) is 17.6 Å². The number of ether oxygens (including phenoxy) is 1. The molecule has 0 aromatic heterocycles. The average molecular weight is 275 g/mol. The number of hydrogen-bond donors (Lipinski definition) is 1. The van der Waals surface area contributed by atoms with Crippen LogP contribution in [0.1, 0.15) is 37.7 Å². The zero-order valence-electron chi connectivity index (χ0n) is 12.0. The molecule has 108 valence electrons. The number of rotatable bonds is 4. The van der Waals surface area contributed by atoms with Gasteiger partial charge in [0.1, 0.15) is 5.75 Å². The molecule has 20 heavy (non-hydrogen) atoms. The van der Waals surface area contributed by atoms with Gasteiger partial charge in [0.15, 0.2) is 0 Å². The van der Waals surface area contributed by atoms with Crippen LogP contribution in [0.2, 0.25) is 0 Å². The van der Waals surface area contributed by atoms with Crippen LogP contribution >= 0.6 is 0 Å². The fourth-order valence-electron chi connectivity index (χ4n) is 3.12.